The standard InChI is InChI=1S/C16H12O2.C8H18O5/c1-2-16(17)18-15-9-5-8-13-12-7-4-3-6-11(12)10-14(13)15;9-1-3-11-5-7-13-8-6-12-4-2-10/h2-9H,1,10H2;9-10H,1-8H2. The molecule has 0 saturated heterocycles. The van der Waals surface area contributed by atoms with Gasteiger partial charge in [0.05, 0.1) is 52.9 Å². The van der Waals surface area contributed by atoms with E-state index in [9.17, 15) is 4.79 Å². The zero-order valence-corrected chi connectivity index (χ0v) is 17.6. The van der Waals surface area contributed by atoms with Crippen LogP contribution in [0.4, 0.5) is 0 Å². The van der Waals surface area contributed by atoms with E-state index in [2.05, 4.69) is 24.8 Å². The predicted molar refractivity (Wildman–Crippen MR) is 117 cm³/mol. The predicted octanol–water partition coefficient (Wildman–Crippen LogP) is 2.37. The van der Waals surface area contributed by atoms with Gasteiger partial charge >= 0.3 is 5.97 Å². The molecule has 0 heterocycles. The van der Waals surface area contributed by atoms with Gasteiger partial charge in [-0.2, -0.15) is 0 Å². The first-order valence-electron chi connectivity index (χ1n) is 10.2. The second-order valence-electron chi connectivity index (χ2n) is 6.53. The van der Waals surface area contributed by atoms with Gasteiger partial charge in [0.1, 0.15) is 5.75 Å². The third-order valence-corrected chi connectivity index (χ3v) is 4.40. The van der Waals surface area contributed by atoms with Crippen molar-refractivity contribution < 1.29 is 34.0 Å². The molecule has 0 saturated carbocycles. The van der Waals surface area contributed by atoms with Crippen molar-refractivity contribution in [3.8, 4) is 16.9 Å². The molecule has 0 radical (unpaired) electrons. The zero-order chi connectivity index (χ0) is 22.3. The summed E-state index contributed by atoms with van der Waals surface area (Å²) in [6, 6.07) is 14.1. The molecule has 168 valence electrons. The Morgan fingerprint density at radius 3 is 2.03 bits per heavy atom. The molecule has 7 nitrogen and oxygen atoms in total. The number of fused-ring (bicyclic) bond motifs is 3. The number of hydrogen-bond acceptors (Lipinski definition) is 7. The maximum atomic E-state index is 11.3. The minimum atomic E-state index is -0.417. The Morgan fingerprint density at radius 1 is 0.839 bits per heavy atom. The van der Waals surface area contributed by atoms with E-state index < -0.39 is 5.97 Å². The minimum Gasteiger partial charge on any atom is -0.423 e. The van der Waals surface area contributed by atoms with Crippen molar-refractivity contribution in [2.45, 2.75) is 6.42 Å². The van der Waals surface area contributed by atoms with Gasteiger partial charge in [-0.3, -0.25) is 0 Å². The van der Waals surface area contributed by atoms with Crippen LogP contribution in [-0.2, 0) is 25.4 Å². The molecule has 1 aliphatic rings. The smallest absolute Gasteiger partial charge is 0.335 e. The highest BCUT2D eigenvalue weighted by molar-refractivity contribution is 5.85. The third kappa shape index (κ3) is 8.24. The number of aliphatic hydroxyl groups is 2. The Morgan fingerprint density at radius 2 is 1.42 bits per heavy atom. The largest absolute Gasteiger partial charge is 0.423 e. The summed E-state index contributed by atoms with van der Waals surface area (Å²) in [5.41, 5.74) is 4.73. The van der Waals surface area contributed by atoms with Crippen LogP contribution >= 0.6 is 0 Å². The lowest BCUT2D eigenvalue weighted by Gasteiger charge is -2.07. The molecule has 3 rings (SSSR count). The lowest BCUT2D eigenvalue weighted by Crippen LogP contribution is -2.11. The Kier molecular flexibility index (Phi) is 11.5. The van der Waals surface area contributed by atoms with Gasteiger partial charge in [0.15, 0.2) is 0 Å². The normalized spacial score (nSPS) is 11.2. The van der Waals surface area contributed by atoms with Crippen LogP contribution < -0.4 is 4.74 Å². The molecule has 2 aromatic rings. The minimum absolute atomic E-state index is 0.0413. The molecule has 31 heavy (non-hydrogen) atoms. The van der Waals surface area contributed by atoms with Gasteiger partial charge in [-0.15, -0.1) is 0 Å². The molecular weight excluding hydrogens is 400 g/mol. The van der Waals surface area contributed by atoms with Crippen molar-refractivity contribution in [3.63, 3.8) is 0 Å². The second-order valence-corrected chi connectivity index (χ2v) is 6.53. The van der Waals surface area contributed by atoms with Gasteiger partial charge in [0, 0.05) is 18.1 Å². The van der Waals surface area contributed by atoms with E-state index in [4.69, 9.17) is 29.2 Å². The number of ether oxygens (including phenoxy) is 4. The average Bonchev–Trinajstić information content (AvgIpc) is 3.18. The second kappa shape index (κ2) is 14.5. The van der Waals surface area contributed by atoms with Crippen LogP contribution in [0.25, 0.3) is 11.1 Å². The van der Waals surface area contributed by atoms with Crippen LogP contribution in [0.15, 0.2) is 55.1 Å². The number of carbonyl (C=O) groups excluding carboxylic acids is 1. The maximum Gasteiger partial charge on any atom is 0.335 e. The number of aliphatic hydroxyl groups excluding tert-OH is 2. The Bertz CT molecular complexity index is 809. The zero-order valence-electron chi connectivity index (χ0n) is 17.6. The molecule has 0 unspecified atom stereocenters. The summed E-state index contributed by atoms with van der Waals surface area (Å²) < 4.78 is 20.3. The van der Waals surface area contributed by atoms with Crippen LogP contribution in [0.1, 0.15) is 11.1 Å². The molecule has 2 aromatic carbocycles. The monoisotopic (exact) mass is 430 g/mol. The summed E-state index contributed by atoms with van der Waals surface area (Å²) in [5, 5.41) is 16.7. The van der Waals surface area contributed by atoms with Gasteiger partial charge in [-0.25, -0.2) is 4.79 Å². The lowest BCUT2D eigenvalue weighted by molar-refractivity contribution is -0.129. The van der Waals surface area contributed by atoms with Crippen molar-refractivity contribution in [2.24, 2.45) is 0 Å². The molecule has 0 amide bonds. The molecule has 0 spiro atoms. The molecule has 0 fully saturated rings. The van der Waals surface area contributed by atoms with Crippen LogP contribution in [0, 0.1) is 0 Å². The SMILES string of the molecule is C=CC(=O)Oc1cccc2c1Cc1ccccc1-2.OCCOCCOCCOCCO. The van der Waals surface area contributed by atoms with E-state index in [0.29, 0.717) is 45.4 Å². The van der Waals surface area contributed by atoms with Gasteiger partial charge in [-0.1, -0.05) is 43.0 Å². The fraction of sp³-hybridized carbons (Fsp3) is 0.375. The highest BCUT2D eigenvalue weighted by Gasteiger charge is 2.21. The molecule has 7 heteroatoms. The first-order chi connectivity index (χ1) is 15.2. The number of carbonyl (C=O) groups is 1. The maximum absolute atomic E-state index is 11.3. The molecule has 0 atom stereocenters. The highest BCUT2D eigenvalue weighted by atomic mass is 16.5. The lowest BCUT2D eigenvalue weighted by atomic mass is 10.1. The molecule has 0 bridgehead atoms. The van der Waals surface area contributed by atoms with E-state index in [0.717, 1.165) is 17.5 Å². The fourth-order valence-electron chi connectivity index (χ4n) is 3.04. The Balaban J connectivity index is 0.000000235. The van der Waals surface area contributed by atoms with Gasteiger partial charge in [-0.05, 0) is 22.8 Å². The van der Waals surface area contributed by atoms with Crippen molar-refractivity contribution in [1.29, 1.82) is 0 Å². The van der Waals surface area contributed by atoms with E-state index in [1.54, 1.807) is 0 Å². The Hall–Kier alpha value is -2.55. The topological polar surface area (TPSA) is 94.5 Å². The van der Waals surface area contributed by atoms with Crippen LogP contribution in [0.2, 0.25) is 0 Å². The Labute approximate surface area is 182 Å². The molecular formula is C24H30O7. The highest BCUT2D eigenvalue weighted by Crippen LogP contribution is 2.40. The quantitative estimate of drug-likeness (QED) is 0.197. The first-order valence-corrected chi connectivity index (χ1v) is 10.2. The summed E-state index contributed by atoms with van der Waals surface area (Å²) in [4.78, 5) is 11.3. The summed E-state index contributed by atoms with van der Waals surface area (Å²) in [6.07, 6.45) is 1.99. The van der Waals surface area contributed by atoms with E-state index in [1.807, 2.05) is 24.3 Å². The van der Waals surface area contributed by atoms with E-state index >= 15 is 0 Å². The molecule has 0 aromatic heterocycles. The van der Waals surface area contributed by atoms with Gasteiger partial charge in [0.25, 0.3) is 0 Å². The van der Waals surface area contributed by atoms with Crippen molar-refractivity contribution in [2.75, 3.05) is 52.9 Å². The van der Waals surface area contributed by atoms with Crippen molar-refractivity contribution in [1.82, 2.24) is 0 Å². The summed E-state index contributed by atoms with van der Waals surface area (Å²) in [7, 11) is 0. The summed E-state index contributed by atoms with van der Waals surface area (Å²) in [6.45, 7) is 6.18. The van der Waals surface area contributed by atoms with Crippen molar-refractivity contribution >= 4 is 5.97 Å². The average molecular weight is 430 g/mol. The fourth-order valence-corrected chi connectivity index (χ4v) is 3.04. The van der Waals surface area contributed by atoms with Crippen LogP contribution in [0.5, 0.6) is 5.75 Å². The van der Waals surface area contributed by atoms with Crippen molar-refractivity contribution in [3.05, 3.63) is 66.2 Å². The number of esters is 1. The third-order valence-electron chi connectivity index (χ3n) is 4.40. The first kappa shape index (κ1) is 24.7. The van der Waals surface area contributed by atoms with E-state index in [-0.39, 0.29) is 13.2 Å². The van der Waals surface area contributed by atoms with Gasteiger partial charge < -0.3 is 29.2 Å². The van der Waals surface area contributed by atoms with Crippen LogP contribution in [0.3, 0.4) is 0 Å². The van der Waals surface area contributed by atoms with Crippen LogP contribution in [-0.4, -0.2) is 69.0 Å². The molecule has 2 N–H and O–H groups in total. The number of hydrogen-bond donors (Lipinski definition) is 2. The van der Waals surface area contributed by atoms with E-state index in [1.165, 1.54) is 17.2 Å². The van der Waals surface area contributed by atoms with Gasteiger partial charge in [0.2, 0.25) is 0 Å². The summed E-state index contributed by atoms with van der Waals surface area (Å²) in [5.74, 6) is 0.216. The summed E-state index contributed by atoms with van der Waals surface area (Å²) >= 11 is 0. The molecule has 1 aliphatic carbocycles. The number of benzene rings is 2. The molecule has 0 aliphatic heterocycles. The number of rotatable bonds is 12.